The average Bonchev–Trinajstić information content (AvgIpc) is 2.69. The second kappa shape index (κ2) is 9.47. The molecule has 0 aromatic heterocycles. The molecular weight excluding hydrogens is 354 g/mol. The molecule has 2 aromatic rings. The van der Waals surface area contributed by atoms with Crippen molar-refractivity contribution >= 4 is 5.71 Å². The van der Waals surface area contributed by atoms with Gasteiger partial charge in [0.25, 0.3) is 6.26 Å². The van der Waals surface area contributed by atoms with Crippen molar-refractivity contribution in [1.82, 2.24) is 5.32 Å². The molecule has 0 heterocycles. The van der Waals surface area contributed by atoms with Gasteiger partial charge in [-0.2, -0.15) is 0 Å². The number of ether oxygens (including phenoxy) is 3. The summed E-state index contributed by atoms with van der Waals surface area (Å²) >= 11 is 0. The van der Waals surface area contributed by atoms with Crippen LogP contribution in [0.3, 0.4) is 0 Å². The summed E-state index contributed by atoms with van der Waals surface area (Å²) in [5.41, 5.74) is 4.61. The van der Waals surface area contributed by atoms with E-state index in [4.69, 9.17) is 24.9 Å². The predicted molar refractivity (Wildman–Crippen MR) is 109 cm³/mol. The van der Waals surface area contributed by atoms with E-state index in [0.29, 0.717) is 23.1 Å². The van der Waals surface area contributed by atoms with Crippen molar-refractivity contribution in [2.45, 2.75) is 27.4 Å². The van der Waals surface area contributed by atoms with Crippen LogP contribution in [0.1, 0.15) is 29.2 Å². The molecule has 0 atom stereocenters. The molecule has 0 bridgehead atoms. The molecule has 0 aliphatic heterocycles. The molecule has 0 saturated carbocycles. The minimum Gasteiger partial charge on any atom is -0.488 e. The van der Waals surface area contributed by atoms with E-state index in [1.54, 1.807) is 26.5 Å². The second-order valence-corrected chi connectivity index (χ2v) is 6.30. The Bertz CT molecular complexity index is 937. The van der Waals surface area contributed by atoms with Gasteiger partial charge in [-0.25, -0.2) is 0 Å². The molecule has 2 aromatic carbocycles. The number of hydrogen-bond acceptors (Lipinski definition) is 6. The van der Waals surface area contributed by atoms with E-state index in [9.17, 15) is 0 Å². The van der Waals surface area contributed by atoms with Crippen LogP contribution < -0.4 is 14.8 Å². The molecule has 146 valence electrons. The molecule has 0 unspecified atom stereocenters. The highest BCUT2D eigenvalue weighted by atomic mass is 16.5. The van der Waals surface area contributed by atoms with E-state index >= 15 is 0 Å². The number of allylic oxidation sites excluding steroid dienone is 1. The predicted octanol–water partition coefficient (Wildman–Crippen LogP) is 4.21. The fourth-order valence-electron chi connectivity index (χ4n) is 2.89. The Morgan fingerprint density at radius 1 is 1.14 bits per heavy atom. The Labute approximate surface area is 165 Å². The second-order valence-electron chi connectivity index (χ2n) is 6.30. The Hall–Kier alpha value is -3.46. The van der Waals surface area contributed by atoms with Crippen LogP contribution in [0.5, 0.6) is 11.5 Å². The van der Waals surface area contributed by atoms with Gasteiger partial charge in [0.05, 0.1) is 12.8 Å². The number of nitrogens with zero attached hydrogens (tertiary/aromatic N) is 1. The van der Waals surface area contributed by atoms with Gasteiger partial charge in [-0.05, 0) is 56.2 Å². The molecule has 0 saturated heterocycles. The van der Waals surface area contributed by atoms with Gasteiger partial charge in [0.1, 0.15) is 18.1 Å². The number of hydrogen-bond donors (Lipinski definition) is 2. The van der Waals surface area contributed by atoms with Crippen molar-refractivity contribution in [3.8, 4) is 17.8 Å². The number of aryl methyl sites for hydroxylation is 2. The zero-order valence-electron chi connectivity index (χ0n) is 16.8. The summed E-state index contributed by atoms with van der Waals surface area (Å²) in [5, 5.41) is 20.2. The topological polar surface area (TPSA) is 87.4 Å². The first-order chi connectivity index (χ1) is 13.4. The first-order valence-electron chi connectivity index (χ1n) is 8.82. The van der Waals surface area contributed by atoms with E-state index in [2.05, 4.69) is 5.32 Å². The Balaban J connectivity index is 2.22. The van der Waals surface area contributed by atoms with Gasteiger partial charge >= 0.3 is 0 Å². The lowest BCUT2D eigenvalue weighted by atomic mass is 10.0. The van der Waals surface area contributed by atoms with E-state index in [0.717, 1.165) is 27.8 Å². The maximum Gasteiger partial charge on any atom is 0.292 e. The zero-order chi connectivity index (χ0) is 20.7. The monoisotopic (exact) mass is 379 g/mol. The quantitative estimate of drug-likeness (QED) is 0.408. The van der Waals surface area contributed by atoms with Gasteiger partial charge in [0.15, 0.2) is 5.88 Å². The van der Waals surface area contributed by atoms with Crippen LogP contribution in [-0.2, 0) is 11.3 Å². The normalized spacial score (nSPS) is 11.1. The highest BCUT2D eigenvalue weighted by Gasteiger charge is 2.13. The van der Waals surface area contributed by atoms with Crippen molar-refractivity contribution in [2.75, 3.05) is 14.2 Å². The van der Waals surface area contributed by atoms with Gasteiger partial charge in [0, 0.05) is 23.7 Å². The number of methoxy groups -OCH3 is 1. The minimum atomic E-state index is 0.286. The number of rotatable bonds is 8. The van der Waals surface area contributed by atoms with Gasteiger partial charge in [-0.15, -0.1) is 5.26 Å². The minimum absolute atomic E-state index is 0.286. The zero-order valence-corrected chi connectivity index (χ0v) is 16.8. The summed E-state index contributed by atoms with van der Waals surface area (Å²) in [4.78, 5) is 0. The van der Waals surface area contributed by atoms with Crippen LogP contribution in [0.2, 0.25) is 0 Å². The maximum atomic E-state index is 8.82. The maximum absolute atomic E-state index is 8.82. The van der Waals surface area contributed by atoms with Gasteiger partial charge < -0.3 is 19.5 Å². The molecule has 0 spiro atoms. The summed E-state index contributed by atoms with van der Waals surface area (Å²) < 4.78 is 16.3. The molecule has 6 heteroatoms. The fraction of sp³-hybridized carbons (Fsp3) is 0.273. The van der Waals surface area contributed by atoms with Gasteiger partial charge in [-0.3, -0.25) is 5.41 Å². The van der Waals surface area contributed by atoms with E-state index in [-0.39, 0.29) is 6.61 Å². The summed E-state index contributed by atoms with van der Waals surface area (Å²) in [5.74, 6) is 1.77. The Kier molecular flexibility index (Phi) is 7.05. The third-order valence-corrected chi connectivity index (χ3v) is 4.51. The van der Waals surface area contributed by atoms with Crippen molar-refractivity contribution in [3.05, 3.63) is 70.1 Å². The van der Waals surface area contributed by atoms with Crippen LogP contribution in [0.25, 0.3) is 0 Å². The fourth-order valence-corrected chi connectivity index (χ4v) is 2.89. The summed E-state index contributed by atoms with van der Waals surface area (Å²) in [6.45, 7) is 6.01. The molecule has 0 radical (unpaired) electrons. The standard InChI is InChI=1S/C22H25N3O3/c1-14-7-6-8-20(28-13-23)18(14)12-27-19-10-9-17(11-15(19)2)21(24)16(3)22(25-4)26-5/h6-11,24-25H,12H2,1-5H3/b22-16+,24-21?. The van der Waals surface area contributed by atoms with E-state index in [1.165, 1.54) is 0 Å². The van der Waals surface area contributed by atoms with Crippen molar-refractivity contribution in [3.63, 3.8) is 0 Å². The largest absolute Gasteiger partial charge is 0.488 e. The first kappa shape index (κ1) is 20.8. The molecule has 28 heavy (non-hydrogen) atoms. The molecule has 0 aliphatic rings. The third-order valence-electron chi connectivity index (χ3n) is 4.51. The number of nitriles is 1. The number of benzene rings is 2. The Morgan fingerprint density at radius 2 is 1.89 bits per heavy atom. The summed E-state index contributed by atoms with van der Waals surface area (Å²) in [6.07, 6.45) is 1.71. The van der Waals surface area contributed by atoms with Crippen molar-refractivity contribution in [2.24, 2.45) is 0 Å². The molecule has 2 rings (SSSR count). The lowest BCUT2D eigenvalue weighted by molar-refractivity contribution is 0.265. The van der Waals surface area contributed by atoms with Crippen LogP contribution in [0.4, 0.5) is 0 Å². The number of nitrogens with one attached hydrogen (secondary N) is 2. The van der Waals surface area contributed by atoms with Crippen LogP contribution in [0, 0.1) is 30.8 Å². The third kappa shape index (κ3) is 4.63. The molecule has 0 fully saturated rings. The lowest BCUT2D eigenvalue weighted by Crippen LogP contribution is -2.15. The van der Waals surface area contributed by atoms with E-state index in [1.807, 2.05) is 51.1 Å². The smallest absolute Gasteiger partial charge is 0.292 e. The van der Waals surface area contributed by atoms with Crippen LogP contribution >= 0.6 is 0 Å². The molecule has 2 N–H and O–H groups in total. The van der Waals surface area contributed by atoms with E-state index < -0.39 is 0 Å². The Morgan fingerprint density at radius 3 is 2.50 bits per heavy atom. The van der Waals surface area contributed by atoms with Crippen molar-refractivity contribution < 1.29 is 14.2 Å². The van der Waals surface area contributed by atoms with Gasteiger partial charge in [-0.1, -0.05) is 12.1 Å². The molecule has 0 aliphatic carbocycles. The highest BCUT2D eigenvalue weighted by molar-refractivity contribution is 6.10. The first-order valence-corrected chi connectivity index (χ1v) is 8.82. The molecule has 6 nitrogen and oxygen atoms in total. The SMILES string of the molecule is CN/C(OC)=C(/C)C(=N)c1ccc(OCc2c(C)cccc2OC#N)c(C)c1. The van der Waals surface area contributed by atoms with Crippen molar-refractivity contribution in [1.29, 1.82) is 10.7 Å². The van der Waals surface area contributed by atoms with Crippen LogP contribution in [0.15, 0.2) is 47.9 Å². The summed E-state index contributed by atoms with van der Waals surface area (Å²) in [7, 11) is 3.33. The van der Waals surface area contributed by atoms with Gasteiger partial charge in [0.2, 0.25) is 0 Å². The highest BCUT2D eigenvalue weighted by Crippen LogP contribution is 2.26. The average molecular weight is 379 g/mol. The summed E-state index contributed by atoms with van der Waals surface area (Å²) in [6, 6.07) is 11.1. The lowest BCUT2D eigenvalue weighted by Gasteiger charge is -2.15. The molecular formula is C22H25N3O3. The molecule has 0 amide bonds. The van der Waals surface area contributed by atoms with Crippen LogP contribution in [-0.4, -0.2) is 19.9 Å².